The molecule has 1 heterocycles. The topological polar surface area (TPSA) is 67.8 Å². The van der Waals surface area contributed by atoms with Crippen molar-refractivity contribution in [1.29, 1.82) is 0 Å². The van der Waals surface area contributed by atoms with Gasteiger partial charge in [-0.3, -0.25) is 4.79 Å². The third-order valence-electron chi connectivity index (χ3n) is 7.08. The fraction of sp³-hybridized carbons (Fsp3) is 0.789. The molecule has 2 bridgehead atoms. The molecule has 136 valence electrons. The number of amides is 1. The van der Waals surface area contributed by atoms with E-state index < -0.39 is 0 Å². The molecule has 4 rings (SSSR count). The predicted octanol–water partition coefficient (Wildman–Crippen LogP) is 3.59. The average molecular weight is 361 g/mol. The van der Waals surface area contributed by atoms with E-state index in [1.807, 2.05) is 0 Å². The number of fused-ring (bicyclic) bond motifs is 5. The molecule has 0 unspecified atom stereocenters. The van der Waals surface area contributed by atoms with Crippen molar-refractivity contribution < 1.29 is 4.79 Å². The number of hydrogen-bond donors (Lipinski definition) is 1. The van der Waals surface area contributed by atoms with E-state index in [9.17, 15) is 4.79 Å². The molecular formula is C19H28N4OS. The average Bonchev–Trinajstić information content (AvgIpc) is 2.93. The number of nitrogens with one attached hydrogen (secondary N) is 1. The van der Waals surface area contributed by atoms with Gasteiger partial charge in [0.15, 0.2) is 0 Å². The van der Waals surface area contributed by atoms with E-state index in [2.05, 4.69) is 36.3 Å². The Hall–Kier alpha value is -1.17. The van der Waals surface area contributed by atoms with Crippen molar-refractivity contribution in [2.45, 2.75) is 88.2 Å². The summed E-state index contributed by atoms with van der Waals surface area (Å²) in [6, 6.07) is 0.358. The second kappa shape index (κ2) is 6.22. The van der Waals surface area contributed by atoms with Gasteiger partial charge in [-0.05, 0) is 31.1 Å². The number of aromatic nitrogens is 3. The predicted molar refractivity (Wildman–Crippen MR) is 98.7 cm³/mol. The lowest BCUT2D eigenvalue weighted by Gasteiger charge is -2.33. The van der Waals surface area contributed by atoms with E-state index in [4.69, 9.17) is 4.98 Å². The lowest BCUT2D eigenvalue weighted by molar-refractivity contribution is -0.119. The van der Waals surface area contributed by atoms with Crippen LogP contribution in [0.2, 0.25) is 0 Å². The molecule has 0 aliphatic heterocycles. The van der Waals surface area contributed by atoms with Crippen molar-refractivity contribution in [2.24, 2.45) is 5.41 Å². The lowest BCUT2D eigenvalue weighted by Crippen LogP contribution is -2.37. The van der Waals surface area contributed by atoms with Gasteiger partial charge in [-0.2, -0.15) is 5.10 Å². The summed E-state index contributed by atoms with van der Waals surface area (Å²) in [7, 11) is 0. The number of rotatable bonds is 4. The maximum atomic E-state index is 12.2. The molecule has 0 saturated heterocycles. The summed E-state index contributed by atoms with van der Waals surface area (Å²) >= 11 is 1.41. The highest BCUT2D eigenvalue weighted by Crippen LogP contribution is 2.66. The summed E-state index contributed by atoms with van der Waals surface area (Å²) in [5.74, 6) is 0.941. The molecule has 6 heteroatoms. The number of carbonyl (C=O) groups is 1. The molecule has 1 aromatic rings. The van der Waals surface area contributed by atoms with Crippen LogP contribution in [0.1, 0.15) is 83.0 Å². The van der Waals surface area contributed by atoms with Gasteiger partial charge in [0.05, 0.1) is 17.1 Å². The second-order valence-electron chi connectivity index (χ2n) is 8.66. The number of carbonyl (C=O) groups excluding carboxylic acids is 1. The molecule has 1 amide bonds. The first-order chi connectivity index (χ1) is 11.9. The monoisotopic (exact) mass is 360 g/mol. The van der Waals surface area contributed by atoms with Gasteiger partial charge >= 0.3 is 0 Å². The Morgan fingerprint density at radius 1 is 1.16 bits per heavy atom. The number of nitrogens with zero attached hydrogens (tertiary/aromatic N) is 3. The Morgan fingerprint density at radius 3 is 2.68 bits per heavy atom. The fourth-order valence-corrected chi connectivity index (χ4v) is 5.67. The third-order valence-corrected chi connectivity index (χ3v) is 7.91. The molecule has 1 N–H and O–H groups in total. The first kappa shape index (κ1) is 17.3. The van der Waals surface area contributed by atoms with Gasteiger partial charge < -0.3 is 5.32 Å². The second-order valence-corrected chi connectivity index (χ2v) is 9.61. The van der Waals surface area contributed by atoms with Crippen LogP contribution in [0.3, 0.4) is 0 Å². The third kappa shape index (κ3) is 2.77. The zero-order chi connectivity index (χ0) is 17.7. The van der Waals surface area contributed by atoms with E-state index in [-0.39, 0.29) is 16.7 Å². The number of hydrogen-bond acceptors (Lipinski definition) is 5. The van der Waals surface area contributed by atoms with Crippen LogP contribution in [0.4, 0.5) is 0 Å². The molecule has 0 aromatic carbocycles. The molecule has 3 aliphatic carbocycles. The van der Waals surface area contributed by atoms with Crippen LogP contribution in [0.5, 0.6) is 0 Å². The Kier molecular flexibility index (Phi) is 4.29. The normalized spacial score (nSPS) is 30.3. The van der Waals surface area contributed by atoms with Crippen LogP contribution in [0, 0.1) is 5.41 Å². The van der Waals surface area contributed by atoms with E-state index >= 15 is 0 Å². The highest BCUT2D eigenvalue weighted by Gasteiger charge is 2.61. The van der Waals surface area contributed by atoms with Crippen molar-refractivity contribution in [3.05, 3.63) is 11.4 Å². The standard InChI is InChI=1S/C19H28N4OS/c1-18(2)13-9-10-19(18,3)16-15(13)22-23-17(21-16)25-11-14(24)20-12-7-5-4-6-8-12/h12-13H,4-11H2,1-3H3,(H,20,24)/t13-,19+/m0/s1. The van der Waals surface area contributed by atoms with Gasteiger partial charge in [-0.1, -0.05) is 51.8 Å². The van der Waals surface area contributed by atoms with Gasteiger partial charge in [0, 0.05) is 17.4 Å². The minimum atomic E-state index is 0.0859. The van der Waals surface area contributed by atoms with Gasteiger partial charge in [0.1, 0.15) is 0 Å². The summed E-state index contributed by atoms with van der Waals surface area (Å²) in [5.41, 5.74) is 2.50. The molecule has 0 spiro atoms. The molecule has 25 heavy (non-hydrogen) atoms. The van der Waals surface area contributed by atoms with E-state index in [0.29, 0.717) is 22.9 Å². The molecule has 5 nitrogen and oxygen atoms in total. The number of thioether (sulfide) groups is 1. The van der Waals surface area contributed by atoms with Gasteiger partial charge in [0.2, 0.25) is 11.1 Å². The lowest BCUT2D eigenvalue weighted by atomic mass is 9.70. The first-order valence-electron chi connectivity index (χ1n) is 9.59. The van der Waals surface area contributed by atoms with Gasteiger partial charge in [0.25, 0.3) is 0 Å². The maximum Gasteiger partial charge on any atom is 0.230 e. The highest BCUT2D eigenvalue weighted by atomic mass is 32.2. The molecular weight excluding hydrogens is 332 g/mol. The van der Waals surface area contributed by atoms with Crippen molar-refractivity contribution >= 4 is 17.7 Å². The SMILES string of the molecule is CC1(C)[C@H]2CC[C@]1(C)c1nc(SCC(=O)NC3CCCCC3)nnc12. The minimum absolute atomic E-state index is 0.0859. The van der Waals surface area contributed by atoms with Gasteiger partial charge in [-0.25, -0.2) is 4.98 Å². The van der Waals surface area contributed by atoms with Crippen LogP contribution in [-0.2, 0) is 10.2 Å². The highest BCUT2D eigenvalue weighted by molar-refractivity contribution is 7.99. The Labute approximate surface area is 154 Å². The van der Waals surface area contributed by atoms with Crippen LogP contribution < -0.4 is 5.32 Å². The van der Waals surface area contributed by atoms with Crippen LogP contribution in [-0.4, -0.2) is 32.9 Å². The van der Waals surface area contributed by atoms with Gasteiger partial charge in [-0.15, -0.1) is 5.10 Å². The van der Waals surface area contributed by atoms with Crippen molar-refractivity contribution in [1.82, 2.24) is 20.5 Å². The molecule has 2 fully saturated rings. The van der Waals surface area contributed by atoms with E-state index in [1.165, 1.54) is 43.9 Å². The van der Waals surface area contributed by atoms with E-state index in [0.717, 1.165) is 24.2 Å². The largest absolute Gasteiger partial charge is 0.353 e. The maximum absolute atomic E-state index is 12.2. The summed E-state index contributed by atoms with van der Waals surface area (Å²) in [4.78, 5) is 17.0. The Morgan fingerprint density at radius 2 is 1.92 bits per heavy atom. The van der Waals surface area contributed by atoms with Crippen LogP contribution in [0.15, 0.2) is 5.16 Å². The molecule has 3 aliphatic rings. The first-order valence-corrected chi connectivity index (χ1v) is 10.6. The van der Waals surface area contributed by atoms with Crippen LogP contribution >= 0.6 is 11.8 Å². The minimum Gasteiger partial charge on any atom is -0.353 e. The molecule has 2 saturated carbocycles. The summed E-state index contributed by atoms with van der Waals surface area (Å²) in [5, 5.41) is 12.6. The zero-order valence-electron chi connectivity index (χ0n) is 15.5. The summed E-state index contributed by atoms with van der Waals surface area (Å²) < 4.78 is 0. The van der Waals surface area contributed by atoms with Crippen molar-refractivity contribution in [2.75, 3.05) is 5.75 Å². The smallest absolute Gasteiger partial charge is 0.230 e. The Balaban J connectivity index is 1.41. The molecule has 0 radical (unpaired) electrons. The zero-order valence-corrected chi connectivity index (χ0v) is 16.3. The van der Waals surface area contributed by atoms with Crippen LogP contribution in [0.25, 0.3) is 0 Å². The molecule has 1 aromatic heterocycles. The van der Waals surface area contributed by atoms with E-state index in [1.54, 1.807) is 0 Å². The Bertz CT molecular complexity index is 686. The fourth-order valence-electron chi connectivity index (χ4n) is 5.07. The molecule has 2 atom stereocenters. The summed E-state index contributed by atoms with van der Waals surface area (Å²) in [6.07, 6.45) is 8.33. The van der Waals surface area contributed by atoms with Crippen molar-refractivity contribution in [3.63, 3.8) is 0 Å². The quantitative estimate of drug-likeness (QED) is 0.831. The van der Waals surface area contributed by atoms with Crippen molar-refractivity contribution in [3.8, 4) is 0 Å². The summed E-state index contributed by atoms with van der Waals surface area (Å²) in [6.45, 7) is 6.98.